The average molecular weight is 353 g/mol. The van der Waals surface area contributed by atoms with Gasteiger partial charge in [-0.25, -0.2) is 4.79 Å². The molecule has 0 spiro atoms. The van der Waals surface area contributed by atoms with E-state index < -0.39 is 0 Å². The van der Waals surface area contributed by atoms with Crippen molar-refractivity contribution in [3.63, 3.8) is 0 Å². The average Bonchev–Trinajstić information content (AvgIpc) is 3.11. The smallest absolute Gasteiger partial charge is 0.328 e. The monoisotopic (exact) mass is 351 g/mol. The number of hydrogen-bond acceptors (Lipinski definition) is 3. The summed E-state index contributed by atoms with van der Waals surface area (Å²) in [7, 11) is 1.38. The lowest BCUT2D eigenvalue weighted by molar-refractivity contribution is -0.142. The quantitative estimate of drug-likeness (QED) is 0.828. The minimum Gasteiger partial charge on any atom is -0.467 e. The van der Waals surface area contributed by atoms with Crippen LogP contribution in [0, 0.1) is 5.92 Å². The number of nitrogens with one attached hydrogen (secondary N) is 1. The molecule has 6 heteroatoms. The van der Waals surface area contributed by atoms with E-state index in [-0.39, 0.29) is 12.0 Å². The highest BCUT2D eigenvalue weighted by atomic mass is 79.9. The Morgan fingerprint density at radius 1 is 1.44 bits per heavy atom. The van der Waals surface area contributed by atoms with Gasteiger partial charge < -0.3 is 10.1 Å². The Morgan fingerprint density at radius 2 is 2.00 bits per heavy atom. The second-order valence-electron chi connectivity index (χ2n) is 4.23. The number of ether oxygens (including phenoxy) is 1. The molecule has 0 bridgehead atoms. The van der Waals surface area contributed by atoms with Crippen LogP contribution in [0.3, 0.4) is 0 Å². The second kappa shape index (κ2) is 5.68. The number of carbonyl (C=O) groups excluding carboxylic acids is 1. The molecule has 1 atom stereocenters. The molecule has 0 aliphatic heterocycles. The summed E-state index contributed by atoms with van der Waals surface area (Å²) in [5.74, 6) is 0.0146. The van der Waals surface area contributed by atoms with E-state index in [2.05, 4.69) is 21.2 Å². The number of methoxy groups -OCH3 is 1. The summed E-state index contributed by atoms with van der Waals surface area (Å²) in [5.41, 5.74) is 0.573. The van der Waals surface area contributed by atoms with Crippen LogP contribution < -0.4 is 5.32 Å². The molecule has 1 aliphatic rings. The fourth-order valence-corrected chi connectivity index (χ4v) is 3.08. The van der Waals surface area contributed by atoms with E-state index in [1.165, 1.54) is 7.11 Å². The summed E-state index contributed by atoms with van der Waals surface area (Å²) in [6, 6.07) is 3.08. The molecule has 3 nitrogen and oxygen atoms in total. The number of halogens is 3. The molecule has 1 fully saturated rings. The predicted molar refractivity (Wildman–Crippen MR) is 76.3 cm³/mol. The molecule has 1 unspecified atom stereocenters. The summed E-state index contributed by atoms with van der Waals surface area (Å²) in [6.07, 6.45) is 2.02. The van der Waals surface area contributed by atoms with Crippen LogP contribution in [0.2, 0.25) is 10.0 Å². The van der Waals surface area contributed by atoms with Gasteiger partial charge in [0.05, 0.1) is 22.8 Å². The van der Waals surface area contributed by atoms with Gasteiger partial charge in [0.25, 0.3) is 0 Å². The molecule has 1 saturated carbocycles. The SMILES string of the molecule is COC(=O)C(Nc1c(Cl)cc(Br)cc1Cl)C1CC1. The zero-order valence-corrected chi connectivity index (χ0v) is 12.8. The highest BCUT2D eigenvalue weighted by Crippen LogP contribution is 2.39. The minimum absolute atomic E-state index is 0.285. The van der Waals surface area contributed by atoms with Crippen LogP contribution in [0.5, 0.6) is 0 Å². The Kier molecular flexibility index (Phi) is 4.41. The standard InChI is InChI=1S/C12H12BrCl2NO2/c1-18-12(17)10(6-2-3-6)16-11-8(14)4-7(13)5-9(11)15/h4-6,10,16H,2-3H2,1H3. The topological polar surface area (TPSA) is 38.3 Å². The molecule has 1 aliphatic carbocycles. The van der Waals surface area contributed by atoms with Crippen LogP contribution >= 0.6 is 39.1 Å². The van der Waals surface area contributed by atoms with Gasteiger partial charge in [-0.05, 0) is 30.9 Å². The number of carbonyl (C=O) groups is 1. The first kappa shape index (κ1) is 14.0. The number of rotatable bonds is 4. The highest BCUT2D eigenvalue weighted by Gasteiger charge is 2.37. The van der Waals surface area contributed by atoms with Gasteiger partial charge in [-0.2, -0.15) is 0 Å². The number of hydrogen-bond donors (Lipinski definition) is 1. The number of anilines is 1. The van der Waals surface area contributed by atoms with E-state index in [0.717, 1.165) is 17.3 Å². The molecule has 1 N–H and O–H groups in total. The lowest BCUT2D eigenvalue weighted by Gasteiger charge is -2.19. The van der Waals surface area contributed by atoms with Crippen molar-refractivity contribution < 1.29 is 9.53 Å². The molecule has 0 heterocycles. The van der Waals surface area contributed by atoms with Gasteiger partial charge in [0.15, 0.2) is 0 Å². The molecule has 0 radical (unpaired) electrons. The van der Waals surface area contributed by atoms with Crippen molar-refractivity contribution in [3.05, 3.63) is 26.7 Å². The maximum atomic E-state index is 11.7. The van der Waals surface area contributed by atoms with E-state index >= 15 is 0 Å². The lowest BCUT2D eigenvalue weighted by Crippen LogP contribution is -2.32. The fourth-order valence-electron chi connectivity index (χ4n) is 1.76. The summed E-state index contributed by atoms with van der Waals surface area (Å²) in [4.78, 5) is 11.7. The van der Waals surface area contributed by atoms with E-state index in [4.69, 9.17) is 27.9 Å². The molecule has 98 valence electrons. The van der Waals surface area contributed by atoms with Crippen molar-refractivity contribution in [1.82, 2.24) is 0 Å². The van der Waals surface area contributed by atoms with Crippen LogP contribution in [0.4, 0.5) is 5.69 Å². The molecule has 0 aromatic heterocycles. The van der Waals surface area contributed by atoms with Crippen LogP contribution in [0.1, 0.15) is 12.8 Å². The second-order valence-corrected chi connectivity index (χ2v) is 5.96. The fraction of sp³-hybridized carbons (Fsp3) is 0.417. The van der Waals surface area contributed by atoms with E-state index in [1.54, 1.807) is 12.1 Å². The Morgan fingerprint density at radius 3 is 2.44 bits per heavy atom. The number of esters is 1. The molecule has 2 rings (SSSR count). The van der Waals surface area contributed by atoms with Gasteiger partial charge >= 0.3 is 5.97 Å². The van der Waals surface area contributed by atoms with Crippen molar-refractivity contribution in [1.29, 1.82) is 0 Å². The first-order valence-corrected chi connectivity index (χ1v) is 7.06. The first-order valence-electron chi connectivity index (χ1n) is 5.52. The zero-order valence-electron chi connectivity index (χ0n) is 9.67. The Bertz CT molecular complexity index is 454. The third-order valence-electron chi connectivity index (χ3n) is 2.86. The maximum absolute atomic E-state index is 11.7. The van der Waals surface area contributed by atoms with Crippen LogP contribution in [0.25, 0.3) is 0 Å². The summed E-state index contributed by atoms with van der Waals surface area (Å²) in [6.45, 7) is 0. The van der Waals surface area contributed by atoms with Crippen molar-refractivity contribution in [2.45, 2.75) is 18.9 Å². The molecule has 1 aromatic carbocycles. The van der Waals surface area contributed by atoms with Crippen molar-refractivity contribution in [2.24, 2.45) is 5.92 Å². The Balaban J connectivity index is 2.24. The summed E-state index contributed by atoms with van der Waals surface area (Å²) < 4.78 is 5.59. The zero-order chi connectivity index (χ0) is 13.3. The van der Waals surface area contributed by atoms with Crippen molar-refractivity contribution >= 4 is 50.8 Å². The Labute approximate surface area is 124 Å². The van der Waals surface area contributed by atoms with Gasteiger partial charge in [0.2, 0.25) is 0 Å². The van der Waals surface area contributed by atoms with E-state index in [9.17, 15) is 4.79 Å². The molecule has 18 heavy (non-hydrogen) atoms. The maximum Gasteiger partial charge on any atom is 0.328 e. The van der Waals surface area contributed by atoms with Gasteiger partial charge in [0, 0.05) is 4.47 Å². The third kappa shape index (κ3) is 3.11. The minimum atomic E-state index is -0.383. The van der Waals surface area contributed by atoms with E-state index in [1.807, 2.05) is 0 Å². The largest absolute Gasteiger partial charge is 0.467 e. The third-order valence-corrected chi connectivity index (χ3v) is 3.91. The summed E-state index contributed by atoms with van der Waals surface area (Å²) in [5, 5.41) is 4.05. The molecule has 1 aromatic rings. The normalized spacial score (nSPS) is 16.2. The van der Waals surface area contributed by atoms with Gasteiger partial charge in [0.1, 0.15) is 6.04 Å². The van der Waals surface area contributed by atoms with E-state index in [0.29, 0.717) is 21.7 Å². The number of benzene rings is 1. The first-order chi connectivity index (χ1) is 8.52. The van der Waals surface area contributed by atoms with Crippen LogP contribution in [-0.2, 0) is 9.53 Å². The molecule has 0 saturated heterocycles. The van der Waals surface area contributed by atoms with Crippen molar-refractivity contribution in [2.75, 3.05) is 12.4 Å². The molecular formula is C12H12BrCl2NO2. The predicted octanol–water partition coefficient (Wildman–Crippen LogP) is 4.12. The Hall–Kier alpha value is -0.450. The molecule has 0 amide bonds. The van der Waals surface area contributed by atoms with Gasteiger partial charge in [-0.15, -0.1) is 0 Å². The van der Waals surface area contributed by atoms with Crippen molar-refractivity contribution in [3.8, 4) is 0 Å². The highest BCUT2D eigenvalue weighted by molar-refractivity contribution is 9.10. The van der Waals surface area contributed by atoms with Gasteiger partial charge in [-0.3, -0.25) is 0 Å². The summed E-state index contributed by atoms with van der Waals surface area (Å²) >= 11 is 15.6. The van der Waals surface area contributed by atoms with Gasteiger partial charge in [-0.1, -0.05) is 39.1 Å². The van der Waals surface area contributed by atoms with Crippen LogP contribution in [0.15, 0.2) is 16.6 Å². The van der Waals surface area contributed by atoms with Crippen LogP contribution in [-0.4, -0.2) is 19.1 Å². The molecular weight excluding hydrogens is 341 g/mol. The lowest BCUT2D eigenvalue weighted by atomic mass is 10.1.